The molecule has 2 amide bonds. The highest BCUT2D eigenvalue weighted by Crippen LogP contribution is 2.32. The predicted molar refractivity (Wildman–Crippen MR) is 89.0 cm³/mol. The van der Waals surface area contributed by atoms with Crippen LogP contribution in [0, 0.1) is 0 Å². The molecule has 2 fully saturated rings. The Kier molecular flexibility index (Phi) is 4.64. The molecule has 1 unspecified atom stereocenters. The Hall–Kier alpha value is -2.24. The highest BCUT2D eigenvalue weighted by atomic mass is 16.6. The van der Waals surface area contributed by atoms with E-state index in [1.54, 1.807) is 12.0 Å². The van der Waals surface area contributed by atoms with Gasteiger partial charge in [0, 0.05) is 26.1 Å². The number of para-hydroxylation sites is 1. The van der Waals surface area contributed by atoms with Crippen molar-refractivity contribution >= 4 is 12.0 Å². The summed E-state index contributed by atoms with van der Waals surface area (Å²) in [5, 5.41) is 0. The number of amides is 2. The van der Waals surface area contributed by atoms with Gasteiger partial charge >= 0.3 is 6.09 Å². The van der Waals surface area contributed by atoms with Gasteiger partial charge in [-0.15, -0.1) is 0 Å². The zero-order valence-corrected chi connectivity index (χ0v) is 14.3. The molecule has 130 valence electrons. The van der Waals surface area contributed by atoms with E-state index in [1.807, 2.05) is 36.1 Å². The summed E-state index contributed by atoms with van der Waals surface area (Å²) in [5.74, 6) is 0.933. The normalized spacial score (nSPS) is 23.0. The number of cyclic esters (lactones) is 1. The van der Waals surface area contributed by atoms with Crippen LogP contribution in [0.2, 0.25) is 0 Å². The highest BCUT2D eigenvalue weighted by molar-refractivity contribution is 5.78. The molecule has 0 radical (unpaired) electrons. The van der Waals surface area contributed by atoms with E-state index in [9.17, 15) is 9.59 Å². The first-order valence-corrected chi connectivity index (χ1v) is 8.44. The SMILES string of the molecule is CCC12COC(=O)N1CCN(C(=O)CCc1ccccc1OC)C2. The molecule has 1 aromatic carbocycles. The van der Waals surface area contributed by atoms with Gasteiger partial charge in [-0.1, -0.05) is 25.1 Å². The van der Waals surface area contributed by atoms with Crippen LogP contribution in [-0.4, -0.2) is 60.7 Å². The molecule has 24 heavy (non-hydrogen) atoms. The van der Waals surface area contributed by atoms with Gasteiger partial charge in [-0.3, -0.25) is 9.69 Å². The summed E-state index contributed by atoms with van der Waals surface area (Å²) in [6, 6.07) is 7.77. The number of benzene rings is 1. The number of hydrogen-bond donors (Lipinski definition) is 0. The summed E-state index contributed by atoms with van der Waals surface area (Å²) < 4.78 is 10.6. The number of piperazine rings is 1. The largest absolute Gasteiger partial charge is 0.496 e. The molecule has 2 aliphatic heterocycles. The number of carbonyl (C=O) groups is 2. The monoisotopic (exact) mass is 332 g/mol. The molecule has 0 saturated carbocycles. The third-order valence-electron chi connectivity index (χ3n) is 5.15. The van der Waals surface area contributed by atoms with E-state index in [0.29, 0.717) is 39.1 Å². The standard InChI is InChI=1S/C18H24N2O4/c1-3-18-12-19(10-11-20(18)17(22)24-13-18)16(21)9-8-14-6-4-5-7-15(14)23-2/h4-7H,3,8-13H2,1-2H3. The minimum atomic E-state index is -0.352. The van der Waals surface area contributed by atoms with Gasteiger partial charge in [-0.2, -0.15) is 0 Å². The average Bonchev–Trinajstić information content (AvgIpc) is 2.96. The lowest BCUT2D eigenvalue weighted by molar-refractivity contribution is -0.135. The quantitative estimate of drug-likeness (QED) is 0.828. The minimum absolute atomic E-state index is 0.118. The van der Waals surface area contributed by atoms with Crippen LogP contribution in [0.15, 0.2) is 24.3 Å². The molecule has 0 N–H and O–H groups in total. The predicted octanol–water partition coefficient (Wildman–Crippen LogP) is 2.07. The zero-order valence-electron chi connectivity index (χ0n) is 14.3. The number of aryl methyl sites for hydroxylation is 1. The van der Waals surface area contributed by atoms with Crippen molar-refractivity contribution in [3.8, 4) is 5.75 Å². The van der Waals surface area contributed by atoms with Gasteiger partial charge in [-0.25, -0.2) is 4.79 Å². The zero-order chi connectivity index (χ0) is 17.2. The Morgan fingerprint density at radius 2 is 2.12 bits per heavy atom. The molecule has 2 aliphatic rings. The second-order valence-electron chi connectivity index (χ2n) is 6.41. The molecular weight excluding hydrogens is 308 g/mol. The number of hydrogen-bond acceptors (Lipinski definition) is 4. The summed E-state index contributed by atoms with van der Waals surface area (Å²) in [6.07, 6.45) is 1.62. The summed E-state index contributed by atoms with van der Waals surface area (Å²) in [5.41, 5.74) is 0.687. The molecule has 0 aromatic heterocycles. The van der Waals surface area contributed by atoms with Crippen molar-refractivity contribution < 1.29 is 19.1 Å². The summed E-state index contributed by atoms with van der Waals surface area (Å²) in [6.45, 7) is 4.09. The van der Waals surface area contributed by atoms with Gasteiger partial charge in [0.15, 0.2) is 0 Å². The van der Waals surface area contributed by atoms with Crippen LogP contribution in [0.1, 0.15) is 25.3 Å². The molecule has 2 heterocycles. The molecule has 2 saturated heterocycles. The fourth-order valence-corrected chi connectivity index (χ4v) is 3.59. The van der Waals surface area contributed by atoms with Crippen LogP contribution in [0.4, 0.5) is 4.79 Å². The van der Waals surface area contributed by atoms with Crippen molar-refractivity contribution in [2.24, 2.45) is 0 Å². The van der Waals surface area contributed by atoms with Crippen molar-refractivity contribution in [2.75, 3.05) is 33.4 Å². The molecular formula is C18H24N2O4. The van der Waals surface area contributed by atoms with Gasteiger partial charge in [-0.05, 0) is 24.5 Å². The Bertz CT molecular complexity index is 633. The first-order valence-electron chi connectivity index (χ1n) is 8.44. The molecule has 1 atom stereocenters. The summed E-state index contributed by atoms with van der Waals surface area (Å²) in [7, 11) is 1.64. The van der Waals surface area contributed by atoms with Crippen LogP contribution in [0.25, 0.3) is 0 Å². The van der Waals surface area contributed by atoms with E-state index in [4.69, 9.17) is 9.47 Å². The Morgan fingerprint density at radius 3 is 2.88 bits per heavy atom. The van der Waals surface area contributed by atoms with Crippen LogP contribution < -0.4 is 4.74 Å². The number of ether oxygens (including phenoxy) is 2. The molecule has 6 nitrogen and oxygen atoms in total. The van der Waals surface area contributed by atoms with Crippen LogP contribution in [0.3, 0.4) is 0 Å². The number of fused-ring (bicyclic) bond motifs is 1. The number of nitrogens with zero attached hydrogens (tertiary/aromatic N) is 2. The van der Waals surface area contributed by atoms with Crippen LogP contribution >= 0.6 is 0 Å². The Morgan fingerprint density at radius 1 is 1.33 bits per heavy atom. The van der Waals surface area contributed by atoms with Crippen LogP contribution in [0.5, 0.6) is 5.75 Å². The van der Waals surface area contributed by atoms with Crippen molar-refractivity contribution in [3.05, 3.63) is 29.8 Å². The molecule has 0 bridgehead atoms. The first-order chi connectivity index (χ1) is 11.6. The van der Waals surface area contributed by atoms with Crippen LogP contribution in [-0.2, 0) is 16.0 Å². The maximum absolute atomic E-state index is 12.6. The molecule has 0 aliphatic carbocycles. The smallest absolute Gasteiger partial charge is 0.410 e. The topological polar surface area (TPSA) is 59.1 Å². The lowest BCUT2D eigenvalue weighted by Gasteiger charge is -2.44. The van der Waals surface area contributed by atoms with E-state index >= 15 is 0 Å². The van der Waals surface area contributed by atoms with E-state index in [2.05, 4.69) is 0 Å². The summed E-state index contributed by atoms with van der Waals surface area (Å²) in [4.78, 5) is 28.1. The fourth-order valence-electron chi connectivity index (χ4n) is 3.59. The van der Waals surface area contributed by atoms with E-state index in [0.717, 1.165) is 17.7 Å². The van der Waals surface area contributed by atoms with E-state index in [-0.39, 0.29) is 17.5 Å². The van der Waals surface area contributed by atoms with Gasteiger partial charge < -0.3 is 14.4 Å². The Labute approximate surface area is 142 Å². The molecule has 3 rings (SSSR count). The molecule has 6 heteroatoms. The van der Waals surface area contributed by atoms with Gasteiger partial charge in [0.05, 0.1) is 12.6 Å². The fraction of sp³-hybridized carbons (Fsp3) is 0.556. The second-order valence-corrected chi connectivity index (χ2v) is 6.41. The third-order valence-corrected chi connectivity index (χ3v) is 5.15. The van der Waals surface area contributed by atoms with Crippen molar-refractivity contribution in [1.29, 1.82) is 0 Å². The lowest BCUT2D eigenvalue weighted by atomic mass is 9.92. The third kappa shape index (κ3) is 2.92. The van der Waals surface area contributed by atoms with Gasteiger partial charge in [0.2, 0.25) is 5.91 Å². The Balaban J connectivity index is 1.63. The number of rotatable bonds is 5. The summed E-state index contributed by atoms with van der Waals surface area (Å²) >= 11 is 0. The number of methoxy groups -OCH3 is 1. The maximum atomic E-state index is 12.6. The van der Waals surface area contributed by atoms with Gasteiger partial charge in [0.25, 0.3) is 0 Å². The highest BCUT2D eigenvalue weighted by Gasteiger charge is 2.50. The van der Waals surface area contributed by atoms with E-state index in [1.165, 1.54) is 0 Å². The van der Waals surface area contributed by atoms with E-state index < -0.39 is 0 Å². The first kappa shape index (κ1) is 16.6. The second kappa shape index (κ2) is 6.71. The van der Waals surface area contributed by atoms with Crippen molar-refractivity contribution in [1.82, 2.24) is 9.80 Å². The lowest BCUT2D eigenvalue weighted by Crippen LogP contribution is -2.62. The minimum Gasteiger partial charge on any atom is -0.496 e. The molecule has 0 spiro atoms. The number of carbonyl (C=O) groups excluding carboxylic acids is 2. The average molecular weight is 332 g/mol. The van der Waals surface area contributed by atoms with Crippen molar-refractivity contribution in [3.63, 3.8) is 0 Å². The maximum Gasteiger partial charge on any atom is 0.410 e. The van der Waals surface area contributed by atoms with Gasteiger partial charge in [0.1, 0.15) is 12.4 Å². The van der Waals surface area contributed by atoms with Crippen molar-refractivity contribution in [2.45, 2.75) is 31.7 Å². The molecule has 1 aromatic rings.